The fourth-order valence-corrected chi connectivity index (χ4v) is 2.20. The highest BCUT2D eigenvalue weighted by molar-refractivity contribution is 5.31. The lowest BCUT2D eigenvalue weighted by Crippen LogP contribution is -2.15. The van der Waals surface area contributed by atoms with E-state index in [1.165, 1.54) is 12.0 Å². The summed E-state index contributed by atoms with van der Waals surface area (Å²) >= 11 is 0. The predicted octanol–water partition coefficient (Wildman–Crippen LogP) is 2.74. The normalized spacial score (nSPS) is 24.7. The first kappa shape index (κ1) is 10.5. The average molecular weight is 205 g/mol. The van der Waals surface area contributed by atoms with Crippen molar-refractivity contribution in [1.29, 1.82) is 0 Å². The molecule has 0 saturated heterocycles. The third-order valence-electron chi connectivity index (χ3n) is 3.50. The van der Waals surface area contributed by atoms with Gasteiger partial charge < -0.3 is 10.5 Å². The van der Waals surface area contributed by atoms with Crippen LogP contribution in [0.1, 0.15) is 31.9 Å². The van der Waals surface area contributed by atoms with Crippen LogP contribution in [0.3, 0.4) is 0 Å². The van der Waals surface area contributed by atoms with Crippen LogP contribution >= 0.6 is 0 Å². The Morgan fingerprint density at radius 3 is 2.67 bits per heavy atom. The molecule has 1 saturated carbocycles. The van der Waals surface area contributed by atoms with Gasteiger partial charge in [-0.2, -0.15) is 0 Å². The maximum Gasteiger partial charge on any atom is 0.119 e. The van der Waals surface area contributed by atoms with Crippen molar-refractivity contribution in [2.75, 3.05) is 7.11 Å². The van der Waals surface area contributed by atoms with Gasteiger partial charge in [-0.25, -0.2) is 0 Å². The summed E-state index contributed by atoms with van der Waals surface area (Å²) in [5, 5.41) is 0. The van der Waals surface area contributed by atoms with Crippen molar-refractivity contribution in [2.45, 2.75) is 26.3 Å². The van der Waals surface area contributed by atoms with Crippen molar-refractivity contribution < 1.29 is 4.74 Å². The molecule has 1 aliphatic carbocycles. The summed E-state index contributed by atoms with van der Waals surface area (Å²) < 4.78 is 5.20. The Bertz CT molecular complexity index is 359. The molecule has 0 spiro atoms. The molecule has 0 heterocycles. The minimum Gasteiger partial charge on any atom is -0.497 e. The molecule has 0 aliphatic heterocycles. The third kappa shape index (κ3) is 2.00. The Morgan fingerprint density at radius 1 is 1.47 bits per heavy atom. The van der Waals surface area contributed by atoms with Crippen molar-refractivity contribution >= 4 is 0 Å². The number of benzene rings is 1. The van der Waals surface area contributed by atoms with Crippen molar-refractivity contribution in [3.8, 4) is 5.75 Å². The van der Waals surface area contributed by atoms with Gasteiger partial charge in [0.25, 0.3) is 0 Å². The van der Waals surface area contributed by atoms with Crippen molar-refractivity contribution in [3.63, 3.8) is 0 Å². The Hall–Kier alpha value is -1.02. The van der Waals surface area contributed by atoms with E-state index in [-0.39, 0.29) is 6.04 Å². The van der Waals surface area contributed by atoms with E-state index in [0.717, 1.165) is 5.75 Å². The second-order valence-corrected chi connectivity index (χ2v) is 5.10. The molecule has 2 N–H and O–H groups in total. The van der Waals surface area contributed by atoms with Crippen LogP contribution in [0.2, 0.25) is 0 Å². The van der Waals surface area contributed by atoms with Crippen molar-refractivity contribution in [2.24, 2.45) is 17.1 Å². The zero-order valence-electron chi connectivity index (χ0n) is 9.66. The molecule has 2 atom stereocenters. The van der Waals surface area contributed by atoms with Crippen molar-refractivity contribution in [1.82, 2.24) is 0 Å². The van der Waals surface area contributed by atoms with Gasteiger partial charge in [0, 0.05) is 6.04 Å². The number of rotatable bonds is 3. The van der Waals surface area contributed by atoms with Gasteiger partial charge in [0.05, 0.1) is 7.11 Å². The van der Waals surface area contributed by atoms with Gasteiger partial charge >= 0.3 is 0 Å². The highest BCUT2D eigenvalue weighted by atomic mass is 16.5. The maximum absolute atomic E-state index is 6.24. The molecular weight excluding hydrogens is 186 g/mol. The number of nitrogens with two attached hydrogens (primary N) is 1. The van der Waals surface area contributed by atoms with Crippen LogP contribution in [0.4, 0.5) is 0 Å². The molecule has 82 valence electrons. The standard InChI is InChI=1S/C13H19NO/c1-13(2)8-11(13)12(14)9-5-4-6-10(7-9)15-3/h4-7,11-12H,8,14H2,1-3H3. The molecule has 0 bridgehead atoms. The van der Waals surface area contributed by atoms with Crippen LogP contribution < -0.4 is 10.5 Å². The SMILES string of the molecule is COc1cccc(C(N)C2CC2(C)C)c1. The Kier molecular flexibility index (Phi) is 2.47. The third-order valence-corrected chi connectivity index (χ3v) is 3.50. The minimum atomic E-state index is 0.148. The van der Waals surface area contributed by atoms with E-state index >= 15 is 0 Å². The molecule has 2 heteroatoms. The van der Waals surface area contributed by atoms with Gasteiger partial charge in [-0.1, -0.05) is 26.0 Å². The van der Waals surface area contributed by atoms with Crippen LogP contribution in [0.15, 0.2) is 24.3 Å². The molecule has 0 amide bonds. The fourth-order valence-electron chi connectivity index (χ4n) is 2.20. The summed E-state index contributed by atoms with van der Waals surface area (Å²) in [6.07, 6.45) is 1.23. The molecule has 1 aliphatic rings. The summed E-state index contributed by atoms with van der Waals surface area (Å²) in [6.45, 7) is 4.55. The van der Waals surface area contributed by atoms with Crippen LogP contribution in [0.5, 0.6) is 5.75 Å². The van der Waals surface area contributed by atoms with E-state index in [1.54, 1.807) is 7.11 Å². The average Bonchev–Trinajstić information content (AvgIpc) is 2.87. The number of hydrogen-bond donors (Lipinski definition) is 1. The molecule has 2 rings (SSSR count). The molecule has 2 unspecified atom stereocenters. The van der Waals surface area contributed by atoms with Gasteiger partial charge in [-0.3, -0.25) is 0 Å². The Labute approximate surface area is 91.4 Å². The Morgan fingerprint density at radius 2 is 2.13 bits per heavy atom. The lowest BCUT2D eigenvalue weighted by atomic mass is 9.98. The number of hydrogen-bond acceptors (Lipinski definition) is 2. The smallest absolute Gasteiger partial charge is 0.119 e. The van der Waals surface area contributed by atoms with Gasteiger partial charge in [-0.05, 0) is 35.4 Å². The zero-order valence-corrected chi connectivity index (χ0v) is 9.66. The van der Waals surface area contributed by atoms with E-state index in [0.29, 0.717) is 11.3 Å². The summed E-state index contributed by atoms with van der Waals surface area (Å²) in [7, 11) is 1.69. The molecule has 1 aromatic carbocycles. The van der Waals surface area contributed by atoms with E-state index in [9.17, 15) is 0 Å². The van der Waals surface area contributed by atoms with E-state index in [2.05, 4.69) is 19.9 Å². The van der Waals surface area contributed by atoms with Gasteiger partial charge in [0.2, 0.25) is 0 Å². The molecule has 2 nitrogen and oxygen atoms in total. The zero-order chi connectivity index (χ0) is 11.1. The van der Waals surface area contributed by atoms with Crippen LogP contribution in [-0.4, -0.2) is 7.11 Å². The van der Waals surface area contributed by atoms with E-state index < -0.39 is 0 Å². The molecule has 15 heavy (non-hydrogen) atoms. The first-order chi connectivity index (χ1) is 7.04. The number of ether oxygens (including phenoxy) is 1. The second kappa shape index (κ2) is 3.53. The molecule has 0 radical (unpaired) electrons. The highest BCUT2D eigenvalue weighted by Gasteiger charge is 2.49. The largest absolute Gasteiger partial charge is 0.497 e. The van der Waals surface area contributed by atoms with Crippen LogP contribution in [0.25, 0.3) is 0 Å². The highest BCUT2D eigenvalue weighted by Crippen LogP contribution is 2.57. The summed E-state index contributed by atoms with van der Waals surface area (Å²) in [4.78, 5) is 0. The van der Waals surface area contributed by atoms with Crippen molar-refractivity contribution in [3.05, 3.63) is 29.8 Å². The minimum absolute atomic E-state index is 0.148. The van der Waals surface area contributed by atoms with Gasteiger partial charge in [0.1, 0.15) is 5.75 Å². The number of methoxy groups -OCH3 is 1. The Balaban J connectivity index is 2.15. The lowest BCUT2D eigenvalue weighted by Gasteiger charge is -2.14. The summed E-state index contributed by atoms with van der Waals surface area (Å²) in [5.41, 5.74) is 7.85. The molecule has 1 aromatic rings. The second-order valence-electron chi connectivity index (χ2n) is 5.10. The van der Waals surface area contributed by atoms with Gasteiger partial charge in [0.15, 0.2) is 0 Å². The first-order valence-electron chi connectivity index (χ1n) is 5.44. The fraction of sp³-hybridized carbons (Fsp3) is 0.538. The van der Waals surface area contributed by atoms with Crippen LogP contribution in [-0.2, 0) is 0 Å². The topological polar surface area (TPSA) is 35.2 Å². The predicted molar refractivity (Wildman–Crippen MR) is 61.8 cm³/mol. The van der Waals surface area contributed by atoms with E-state index in [1.807, 2.05) is 18.2 Å². The quantitative estimate of drug-likeness (QED) is 0.823. The maximum atomic E-state index is 6.24. The lowest BCUT2D eigenvalue weighted by molar-refractivity contribution is 0.412. The molecule has 1 fully saturated rings. The van der Waals surface area contributed by atoms with E-state index in [4.69, 9.17) is 10.5 Å². The molecular formula is C13H19NO. The first-order valence-corrected chi connectivity index (χ1v) is 5.44. The monoisotopic (exact) mass is 205 g/mol. The van der Waals surface area contributed by atoms with Crippen LogP contribution in [0, 0.1) is 11.3 Å². The molecule has 0 aromatic heterocycles. The summed E-state index contributed by atoms with van der Waals surface area (Å²) in [5.74, 6) is 1.51. The van der Waals surface area contributed by atoms with Gasteiger partial charge in [-0.15, -0.1) is 0 Å². The summed E-state index contributed by atoms with van der Waals surface area (Å²) in [6, 6.07) is 8.23.